The zero-order valence-electron chi connectivity index (χ0n) is 18.0. The number of amides is 2. The minimum atomic E-state index is -0.375. The van der Waals surface area contributed by atoms with E-state index < -0.39 is 0 Å². The molecule has 0 fully saturated rings. The van der Waals surface area contributed by atoms with Crippen molar-refractivity contribution >= 4 is 28.5 Å². The number of anilines is 1. The van der Waals surface area contributed by atoms with Gasteiger partial charge in [-0.15, -0.1) is 0 Å². The van der Waals surface area contributed by atoms with Crippen LogP contribution in [-0.4, -0.2) is 44.7 Å². The number of fused-ring (bicyclic) bond motifs is 1. The molecule has 0 bridgehead atoms. The quantitative estimate of drug-likeness (QED) is 0.505. The van der Waals surface area contributed by atoms with Crippen molar-refractivity contribution in [2.45, 2.75) is 40.7 Å². The minimum Gasteiger partial charge on any atom is -0.493 e. The number of aryl methyl sites for hydroxylation is 2. The number of carbonyl (C=O) groups is 2. The second kappa shape index (κ2) is 9.41. The molecule has 0 spiro atoms. The van der Waals surface area contributed by atoms with Gasteiger partial charge in [-0.1, -0.05) is 6.92 Å². The monoisotopic (exact) mass is 426 g/mol. The highest BCUT2D eigenvalue weighted by Crippen LogP contribution is 2.31. The van der Waals surface area contributed by atoms with Gasteiger partial charge in [0.05, 0.1) is 24.4 Å². The van der Waals surface area contributed by atoms with E-state index >= 15 is 0 Å². The zero-order valence-corrected chi connectivity index (χ0v) is 18.0. The van der Waals surface area contributed by atoms with Crippen LogP contribution in [-0.2, 0) is 16.1 Å². The SMILES string of the molecule is CCCOc1ccc(NC(=O)CNC(C)=O)cc1-c1nc2c(c(C)nn2CC)c(=O)[nH]1. The lowest BCUT2D eigenvalue weighted by molar-refractivity contribution is -0.122. The largest absolute Gasteiger partial charge is 0.493 e. The van der Waals surface area contributed by atoms with E-state index in [1.54, 1.807) is 29.8 Å². The maximum absolute atomic E-state index is 12.8. The molecule has 164 valence electrons. The summed E-state index contributed by atoms with van der Waals surface area (Å²) >= 11 is 0. The first-order chi connectivity index (χ1) is 14.8. The fourth-order valence-electron chi connectivity index (χ4n) is 3.14. The van der Waals surface area contributed by atoms with E-state index in [1.807, 2.05) is 13.8 Å². The number of benzene rings is 1. The van der Waals surface area contributed by atoms with Crippen LogP contribution < -0.4 is 20.9 Å². The van der Waals surface area contributed by atoms with Gasteiger partial charge in [-0.2, -0.15) is 5.10 Å². The molecule has 3 N–H and O–H groups in total. The fourth-order valence-corrected chi connectivity index (χ4v) is 3.14. The number of carbonyl (C=O) groups excluding carboxylic acids is 2. The van der Waals surface area contributed by atoms with Crippen molar-refractivity contribution in [3.63, 3.8) is 0 Å². The number of nitrogens with zero attached hydrogens (tertiary/aromatic N) is 3. The van der Waals surface area contributed by atoms with E-state index in [2.05, 4.69) is 25.7 Å². The van der Waals surface area contributed by atoms with Crippen LogP contribution in [0.4, 0.5) is 5.69 Å². The Labute approximate surface area is 179 Å². The molecule has 0 saturated heterocycles. The van der Waals surface area contributed by atoms with Crippen LogP contribution in [0.15, 0.2) is 23.0 Å². The van der Waals surface area contributed by atoms with E-state index in [9.17, 15) is 14.4 Å². The highest BCUT2D eigenvalue weighted by Gasteiger charge is 2.17. The molecule has 0 aliphatic carbocycles. The zero-order chi connectivity index (χ0) is 22.5. The lowest BCUT2D eigenvalue weighted by atomic mass is 10.1. The van der Waals surface area contributed by atoms with Gasteiger partial charge in [0.1, 0.15) is 17.0 Å². The Kier molecular flexibility index (Phi) is 6.68. The predicted molar refractivity (Wildman–Crippen MR) is 117 cm³/mol. The van der Waals surface area contributed by atoms with E-state index in [1.165, 1.54) is 6.92 Å². The summed E-state index contributed by atoms with van der Waals surface area (Å²) in [7, 11) is 0. The molecule has 0 radical (unpaired) electrons. The van der Waals surface area contributed by atoms with Gasteiger partial charge in [0.25, 0.3) is 5.56 Å². The molecule has 1 aromatic carbocycles. The second-order valence-corrected chi connectivity index (χ2v) is 7.03. The molecule has 2 heterocycles. The predicted octanol–water partition coefficient (Wildman–Crippen LogP) is 1.98. The Hall–Kier alpha value is -3.69. The summed E-state index contributed by atoms with van der Waals surface area (Å²) in [5.74, 6) is 0.177. The van der Waals surface area contributed by atoms with E-state index in [-0.39, 0.29) is 23.9 Å². The number of aromatic amines is 1. The number of aromatic nitrogens is 4. The van der Waals surface area contributed by atoms with E-state index in [4.69, 9.17) is 4.74 Å². The van der Waals surface area contributed by atoms with Crippen molar-refractivity contribution in [2.24, 2.45) is 0 Å². The Morgan fingerprint density at radius 1 is 1.26 bits per heavy atom. The molecule has 0 aliphatic heterocycles. The third-order valence-corrected chi connectivity index (χ3v) is 4.55. The smallest absolute Gasteiger partial charge is 0.262 e. The molecule has 31 heavy (non-hydrogen) atoms. The van der Waals surface area contributed by atoms with Gasteiger partial charge in [0, 0.05) is 19.2 Å². The molecular weight excluding hydrogens is 400 g/mol. The summed E-state index contributed by atoms with van der Waals surface area (Å²) in [5, 5.41) is 10.00. The summed E-state index contributed by atoms with van der Waals surface area (Å²) in [6.45, 7) is 7.94. The first kappa shape index (κ1) is 22.0. The van der Waals surface area contributed by atoms with Crippen LogP contribution in [0.25, 0.3) is 22.4 Å². The normalized spacial score (nSPS) is 10.8. The standard InChI is InChI=1S/C21H26N6O4/c1-5-9-31-16-8-7-14(23-17(29)11-22-13(4)28)10-15(16)19-24-20-18(21(30)25-19)12(3)26-27(20)6-2/h7-8,10H,5-6,9,11H2,1-4H3,(H,22,28)(H,23,29)(H,24,25,30). The Balaban J connectivity index is 2.06. The van der Waals surface area contributed by atoms with Crippen LogP contribution in [0.5, 0.6) is 5.75 Å². The van der Waals surface area contributed by atoms with Gasteiger partial charge >= 0.3 is 0 Å². The van der Waals surface area contributed by atoms with Crippen molar-refractivity contribution in [3.8, 4) is 17.1 Å². The van der Waals surface area contributed by atoms with Crippen molar-refractivity contribution in [1.82, 2.24) is 25.1 Å². The molecule has 10 heteroatoms. The lowest BCUT2D eigenvalue weighted by Gasteiger charge is -2.13. The summed E-state index contributed by atoms with van der Waals surface area (Å²) in [6.07, 6.45) is 0.805. The van der Waals surface area contributed by atoms with Crippen molar-refractivity contribution < 1.29 is 14.3 Å². The van der Waals surface area contributed by atoms with Crippen molar-refractivity contribution in [1.29, 1.82) is 0 Å². The molecule has 0 aliphatic rings. The molecule has 3 aromatic rings. The molecule has 0 saturated carbocycles. The minimum absolute atomic E-state index is 0.144. The average molecular weight is 426 g/mol. The number of ether oxygens (including phenoxy) is 1. The number of nitrogens with one attached hydrogen (secondary N) is 3. The van der Waals surface area contributed by atoms with Gasteiger partial charge < -0.3 is 20.4 Å². The van der Waals surface area contributed by atoms with E-state index in [0.717, 1.165) is 6.42 Å². The number of H-pyrrole nitrogens is 1. The first-order valence-corrected chi connectivity index (χ1v) is 10.1. The van der Waals surface area contributed by atoms with Crippen LogP contribution in [0.3, 0.4) is 0 Å². The van der Waals surface area contributed by atoms with E-state index in [0.29, 0.717) is 52.7 Å². The average Bonchev–Trinajstić information content (AvgIpc) is 3.07. The molecule has 0 atom stereocenters. The van der Waals surface area contributed by atoms with Crippen LogP contribution in [0.1, 0.15) is 32.9 Å². The summed E-state index contributed by atoms with van der Waals surface area (Å²) in [6, 6.07) is 5.09. The number of hydrogen-bond donors (Lipinski definition) is 3. The molecular formula is C21H26N6O4. The Bertz CT molecular complexity index is 1180. The summed E-state index contributed by atoms with van der Waals surface area (Å²) in [4.78, 5) is 43.3. The van der Waals surface area contributed by atoms with Crippen LogP contribution >= 0.6 is 0 Å². The molecule has 3 rings (SSSR count). The Morgan fingerprint density at radius 3 is 2.71 bits per heavy atom. The topological polar surface area (TPSA) is 131 Å². The summed E-state index contributed by atoms with van der Waals surface area (Å²) < 4.78 is 7.51. The third-order valence-electron chi connectivity index (χ3n) is 4.55. The van der Waals surface area contributed by atoms with Gasteiger partial charge in [-0.25, -0.2) is 9.67 Å². The molecule has 2 aromatic heterocycles. The maximum Gasteiger partial charge on any atom is 0.262 e. The van der Waals surface area contributed by atoms with Gasteiger partial charge in [-0.3, -0.25) is 14.4 Å². The van der Waals surface area contributed by atoms with Crippen molar-refractivity contribution in [3.05, 3.63) is 34.2 Å². The number of hydrogen-bond acceptors (Lipinski definition) is 6. The molecule has 2 amide bonds. The molecule has 10 nitrogen and oxygen atoms in total. The highest BCUT2D eigenvalue weighted by molar-refractivity contribution is 5.95. The number of rotatable bonds is 8. The van der Waals surface area contributed by atoms with Crippen LogP contribution in [0.2, 0.25) is 0 Å². The van der Waals surface area contributed by atoms with Gasteiger partial charge in [0.2, 0.25) is 11.8 Å². The first-order valence-electron chi connectivity index (χ1n) is 10.1. The fraction of sp³-hybridized carbons (Fsp3) is 0.381. The maximum atomic E-state index is 12.8. The highest BCUT2D eigenvalue weighted by atomic mass is 16.5. The Morgan fingerprint density at radius 2 is 2.03 bits per heavy atom. The second-order valence-electron chi connectivity index (χ2n) is 7.03. The lowest BCUT2D eigenvalue weighted by Crippen LogP contribution is -2.31. The van der Waals surface area contributed by atoms with Gasteiger partial charge in [-0.05, 0) is 38.5 Å². The van der Waals surface area contributed by atoms with Crippen LogP contribution in [0, 0.1) is 6.92 Å². The van der Waals surface area contributed by atoms with Crippen molar-refractivity contribution in [2.75, 3.05) is 18.5 Å². The summed E-state index contributed by atoms with van der Waals surface area (Å²) in [5.41, 5.74) is 1.82. The van der Waals surface area contributed by atoms with Gasteiger partial charge in [0.15, 0.2) is 5.65 Å². The third kappa shape index (κ3) is 4.90. The molecule has 0 unspecified atom stereocenters.